The number of nitrogens with one attached hydrogen (secondary N) is 1. The largest absolute Gasteiger partial charge is 0.345 e. The average Bonchev–Trinajstić information content (AvgIpc) is 3.37. The molecule has 43 heavy (non-hydrogen) atoms. The summed E-state index contributed by atoms with van der Waals surface area (Å²) in [5.41, 5.74) is 4.80. The molecule has 10 heteroatoms. The van der Waals surface area contributed by atoms with Crippen LogP contribution in [0.1, 0.15) is 48.7 Å². The highest BCUT2D eigenvalue weighted by atomic mass is 32.2. The topological polar surface area (TPSA) is 90.0 Å². The summed E-state index contributed by atoms with van der Waals surface area (Å²) in [6.07, 6.45) is 2.31. The predicted octanol–water partition coefficient (Wildman–Crippen LogP) is 5.40. The second kappa shape index (κ2) is 11.9. The van der Waals surface area contributed by atoms with Gasteiger partial charge >= 0.3 is 0 Å². The Morgan fingerprint density at radius 2 is 1.63 bits per heavy atom. The SMILES string of the molecule is CN(C)C(=O)c1c(NC(=O)c2ccc(S(=O)(=O)N3CCCc4ccccc43)cc2)sc2c1CCN(Cc1ccccc1)C2. The number of fused-ring (bicyclic) bond motifs is 2. The lowest BCUT2D eigenvalue weighted by molar-refractivity contribution is 0.0827. The number of anilines is 2. The van der Waals surface area contributed by atoms with Crippen LogP contribution in [0.3, 0.4) is 0 Å². The number of benzene rings is 3. The monoisotopic (exact) mass is 614 g/mol. The number of para-hydroxylation sites is 1. The molecule has 1 N–H and O–H groups in total. The Balaban J connectivity index is 1.22. The maximum Gasteiger partial charge on any atom is 0.264 e. The number of thiophene rings is 1. The second-order valence-corrected chi connectivity index (χ2v) is 14.1. The van der Waals surface area contributed by atoms with Gasteiger partial charge in [-0.1, -0.05) is 48.5 Å². The van der Waals surface area contributed by atoms with Gasteiger partial charge in [-0.3, -0.25) is 18.8 Å². The lowest BCUT2D eigenvalue weighted by Gasteiger charge is -2.30. The zero-order chi connectivity index (χ0) is 30.1. The molecule has 1 aromatic heterocycles. The summed E-state index contributed by atoms with van der Waals surface area (Å²) in [6, 6.07) is 23.9. The predicted molar refractivity (Wildman–Crippen MR) is 170 cm³/mol. The van der Waals surface area contributed by atoms with Crippen LogP contribution in [0.25, 0.3) is 0 Å². The van der Waals surface area contributed by atoms with Crippen molar-refractivity contribution in [3.8, 4) is 0 Å². The number of nitrogens with zero attached hydrogens (tertiary/aromatic N) is 3. The number of hydrogen-bond acceptors (Lipinski definition) is 6. The Morgan fingerprint density at radius 3 is 2.37 bits per heavy atom. The Bertz CT molecular complexity index is 1770. The van der Waals surface area contributed by atoms with Crippen molar-refractivity contribution in [2.75, 3.05) is 36.8 Å². The van der Waals surface area contributed by atoms with E-state index in [9.17, 15) is 18.0 Å². The Hall–Kier alpha value is -3.99. The molecule has 2 amide bonds. The maximum absolute atomic E-state index is 13.5. The van der Waals surface area contributed by atoms with Gasteiger partial charge in [0.05, 0.1) is 16.1 Å². The van der Waals surface area contributed by atoms with E-state index in [1.165, 1.54) is 50.4 Å². The van der Waals surface area contributed by atoms with Gasteiger partial charge in [0.1, 0.15) is 5.00 Å². The maximum atomic E-state index is 13.5. The van der Waals surface area contributed by atoms with Crippen molar-refractivity contribution in [3.05, 3.63) is 112 Å². The fourth-order valence-corrected chi connectivity index (χ4v) is 8.62. The van der Waals surface area contributed by atoms with Crippen LogP contribution in [-0.4, -0.2) is 57.2 Å². The van der Waals surface area contributed by atoms with E-state index in [0.717, 1.165) is 48.4 Å². The van der Waals surface area contributed by atoms with Crippen molar-refractivity contribution in [1.82, 2.24) is 9.80 Å². The highest BCUT2D eigenvalue weighted by Gasteiger charge is 2.31. The lowest BCUT2D eigenvalue weighted by atomic mass is 10.0. The number of amides is 2. The molecule has 4 aromatic rings. The Labute approximate surface area is 256 Å². The molecule has 0 atom stereocenters. The van der Waals surface area contributed by atoms with E-state index in [2.05, 4.69) is 22.3 Å². The van der Waals surface area contributed by atoms with Gasteiger partial charge in [0.15, 0.2) is 0 Å². The molecular weight excluding hydrogens is 581 g/mol. The summed E-state index contributed by atoms with van der Waals surface area (Å²) in [7, 11) is -0.364. The molecule has 3 aromatic carbocycles. The number of carbonyl (C=O) groups is 2. The minimum Gasteiger partial charge on any atom is -0.345 e. The van der Waals surface area contributed by atoms with Gasteiger partial charge in [-0.25, -0.2) is 8.42 Å². The van der Waals surface area contributed by atoms with Gasteiger partial charge in [0.2, 0.25) is 0 Å². The van der Waals surface area contributed by atoms with E-state index < -0.39 is 10.0 Å². The third-order valence-electron chi connectivity index (χ3n) is 8.00. The van der Waals surface area contributed by atoms with Crippen LogP contribution in [0.15, 0.2) is 83.8 Å². The Morgan fingerprint density at radius 1 is 0.907 bits per heavy atom. The number of carbonyl (C=O) groups excluding carboxylic acids is 2. The molecular formula is C33H34N4O4S2. The molecule has 6 rings (SSSR count). The normalized spacial score (nSPS) is 15.0. The van der Waals surface area contributed by atoms with E-state index in [4.69, 9.17) is 0 Å². The lowest BCUT2D eigenvalue weighted by Crippen LogP contribution is -2.35. The zero-order valence-electron chi connectivity index (χ0n) is 24.2. The van der Waals surface area contributed by atoms with Gasteiger partial charge in [-0.15, -0.1) is 11.3 Å². The van der Waals surface area contributed by atoms with Crippen LogP contribution in [0.2, 0.25) is 0 Å². The van der Waals surface area contributed by atoms with Crippen molar-refractivity contribution >= 4 is 43.9 Å². The molecule has 2 aliphatic heterocycles. The molecule has 222 valence electrons. The number of rotatable bonds is 7. The van der Waals surface area contributed by atoms with Gasteiger partial charge in [-0.05, 0) is 66.3 Å². The molecule has 0 radical (unpaired) electrons. The zero-order valence-corrected chi connectivity index (χ0v) is 25.9. The highest BCUT2D eigenvalue weighted by molar-refractivity contribution is 7.92. The summed E-state index contributed by atoms with van der Waals surface area (Å²) in [4.78, 5) is 31.8. The van der Waals surface area contributed by atoms with Crippen molar-refractivity contribution in [1.29, 1.82) is 0 Å². The summed E-state index contributed by atoms with van der Waals surface area (Å²) in [5.74, 6) is -0.535. The van der Waals surface area contributed by atoms with Gasteiger partial charge < -0.3 is 10.2 Å². The number of hydrogen-bond donors (Lipinski definition) is 1. The van der Waals surface area contributed by atoms with Gasteiger partial charge in [0.25, 0.3) is 21.8 Å². The van der Waals surface area contributed by atoms with Gasteiger partial charge in [0, 0.05) is 50.7 Å². The van der Waals surface area contributed by atoms with Crippen LogP contribution >= 0.6 is 11.3 Å². The molecule has 3 heterocycles. The van der Waals surface area contributed by atoms with E-state index in [1.807, 2.05) is 42.5 Å². The first kappa shape index (κ1) is 29.1. The van der Waals surface area contributed by atoms with Crippen LogP contribution in [0.4, 0.5) is 10.7 Å². The van der Waals surface area contributed by atoms with Crippen LogP contribution in [0, 0.1) is 0 Å². The third-order valence-corrected chi connectivity index (χ3v) is 11.0. The highest BCUT2D eigenvalue weighted by Crippen LogP contribution is 2.38. The van der Waals surface area contributed by atoms with E-state index in [0.29, 0.717) is 34.9 Å². The van der Waals surface area contributed by atoms with Crippen LogP contribution in [-0.2, 0) is 36.0 Å². The van der Waals surface area contributed by atoms with E-state index in [1.54, 1.807) is 14.1 Å². The van der Waals surface area contributed by atoms with Gasteiger partial charge in [-0.2, -0.15) is 0 Å². The smallest absolute Gasteiger partial charge is 0.264 e. The first-order valence-electron chi connectivity index (χ1n) is 14.4. The van der Waals surface area contributed by atoms with Crippen molar-refractivity contribution < 1.29 is 18.0 Å². The standard InChI is InChI=1S/C33H34N4O4S2/c1-35(2)33(39)30-27-18-20-36(21-23-9-4-3-5-10-23)22-29(27)42-32(30)34-31(38)25-14-16-26(17-15-25)43(40,41)37-19-8-12-24-11-6-7-13-28(24)37/h3-7,9-11,13-17H,8,12,18-22H2,1-2H3,(H,34,38). The second-order valence-electron chi connectivity index (χ2n) is 11.1. The minimum atomic E-state index is -3.79. The quantitative estimate of drug-likeness (QED) is 0.301. The summed E-state index contributed by atoms with van der Waals surface area (Å²) >= 11 is 1.44. The third kappa shape index (κ3) is 5.82. The summed E-state index contributed by atoms with van der Waals surface area (Å²) in [6.45, 7) is 2.74. The molecule has 0 spiro atoms. The molecule has 0 bridgehead atoms. The first-order chi connectivity index (χ1) is 20.7. The van der Waals surface area contributed by atoms with Crippen LogP contribution in [0.5, 0.6) is 0 Å². The fourth-order valence-electron chi connectivity index (χ4n) is 5.80. The van der Waals surface area contributed by atoms with Crippen molar-refractivity contribution in [2.45, 2.75) is 37.2 Å². The average molecular weight is 615 g/mol. The molecule has 2 aliphatic rings. The Kier molecular flexibility index (Phi) is 8.09. The number of sulfonamides is 1. The van der Waals surface area contributed by atoms with E-state index in [-0.39, 0.29) is 16.7 Å². The molecule has 0 unspecified atom stereocenters. The van der Waals surface area contributed by atoms with E-state index >= 15 is 0 Å². The molecule has 0 saturated heterocycles. The van der Waals surface area contributed by atoms with Crippen molar-refractivity contribution in [3.63, 3.8) is 0 Å². The summed E-state index contributed by atoms with van der Waals surface area (Å²) in [5, 5.41) is 3.50. The summed E-state index contributed by atoms with van der Waals surface area (Å²) < 4.78 is 28.5. The molecule has 8 nitrogen and oxygen atoms in total. The fraction of sp³-hybridized carbons (Fsp3) is 0.273. The molecule has 0 saturated carbocycles. The molecule has 0 aliphatic carbocycles. The first-order valence-corrected chi connectivity index (χ1v) is 16.6. The van der Waals surface area contributed by atoms with Crippen molar-refractivity contribution in [2.24, 2.45) is 0 Å². The number of aryl methyl sites for hydroxylation is 1. The molecule has 0 fully saturated rings. The van der Waals surface area contributed by atoms with Crippen LogP contribution < -0.4 is 9.62 Å². The minimum absolute atomic E-state index is 0.134.